The first-order valence-corrected chi connectivity index (χ1v) is 5.52. The lowest BCUT2D eigenvalue weighted by Gasteiger charge is -2.04. The zero-order valence-corrected chi connectivity index (χ0v) is 10.4. The summed E-state index contributed by atoms with van der Waals surface area (Å²) in [5.74, 6) is -0.791. The van der Waals surface area contributed by atoms with Crippen LogP contribution in [0.15, 0.2) is 36.4 Å². The molecule has 1 aromatic rings. The number of allylic oxidation sites excluding steroid dienone is 1. The summed E-state index contributed by atoms with van der Waals surface area (Å²) in [5.41, 5.74) is 0.508. The van der Waals surface area contributed by atoms with Crippen molar-refractivity contribution < 1.29 is 19.2 Å². The minimum atomic E-state index is -0.621. The third-order valence-corrected chi connectivity index (χ3v) is 2.35. The van der Waals surface area contributed by atoms with E-state index in [-0.39, 0.29) is 30.1 Å². The van der Waals surface area contributed by atoms with Gasteiger partial charge in [0, 0.05) is 18.6 Å². The second-order valence-electron chi connectivity index (χ2n) is 3.89. The monoisotopic (exact) mass is 263 g/mol. The van der Waals surface area contributed by atoms with Crippen LogP contribution in [0.3, 0.4) is 0 Å². The molecule has 1 aromatic carbocycles. The van der Waals surface area contributed by atoms with E-state index in [9.17, 15) is 19.7 Å². The topological polar surface area (TPSA) is 86.5 Å². The summed E-state index contributed by atoms with van der Waals surface area (Å²) in [6.07, 6.45) is 0.0774. The first-order chi connectivity index (χ1) is 8.91. The third kappa shape index (κ3) is 4.34. The van der Waals surface area contributed by atoms with E-state index in [0.29, 0.717) is 5.57 Å². The number of nitro benzene ring substituents is 1. The molecule has 0 aromatic heterocycles. The van der Waals surface area contributed by atoms with Gasteiger partial charge >= 0.3 is 5.97 Å². The smallest absolute Gasteiger partial charge is 0.338 e. The molecule has 0 saturated heterocycles. The molecule has 0 aliphatic heterocycles. The van der Waals surface area contributed by atoms with Gasteiger partial charge in [0.15, 0.2) is 5.78 Å². The number of ether oxygens (including phenoxy) is 1. The lowest BCUT2D eigenvalue weighted by molar-refractivity contribution is -0.384. The molecule has 0 heterocycles. The summed E-state index contributed by atoms with van der Waals surface area (Å²) in [7, 11) is 0. The Morgan fingerprint density at radius 2 is 1.89 bits per heavy atom. The standard InChI is InChI=1S/C13H13NO5/c1-9(2)12(15)7-8-19-13(16)10-3-5-11(6-4-10)14(17)18/h3-6H,1,7-8H2,2H3. The van der Waals surface area contributed by atoms with E-state index in [0.717, 1.165) is 0 Å². The van der Waals surface area contributed by atoms with Crippen LogP contribution >= 0.6 is 0 Å². The van der Waals surface area contributed by atoms with Crippen LogP contribution in [0.5, 0.6) is 0 Å². The van der Waals surface area contributed by atoms with Gasteiger partial charge in [0.2, 0.25) is 0 Å². The molecule has 0 saturated carbocycles. The summed E-state index contributed by atoms with van der Waals surface area (Å²) in [6.45, 7) is 5.03. The zero-order chi connectivity index (χ0) is 14.4. The fraction of sp³-hybridized carbons (Fsp3) is 0.231. The summed E-state index contributed by atoms with van der Waals surface area (Å²) in [5, 5.41) is 10.4. The minimum absolute atomic E-state index is 0.0402. The van der Waals surface area contributed by atoms with Crippen LogP contribution in [0.2, 0.25) is 0 Å². The number of esters is 1. The molecular weight excluding hydrogens is 250 g/mol. The lowest BCUT2D eigenvalue weighted by atomic mass is 10.2. The number of hydrogen-bond acceptors (Lipinski definition) is 5. The molecule has 0 aliphatic rings. The number of carbonyl (C=O) groups excluding carboxylic acids is 2. The van der Waals surface area contributed by atoms with E-state index in [4.69, 9.17) is 4.74 Å². The van der Waals surface area contributed by atoms with Crippen molar-refractivity contribution >= 4 is 17.4 Å². The first kappa shape index (κ1) is 14.6. The van der Waals surface area contributed by atoms with Crippen molar-refractivity contribution in [1.82, 2.24) is 0 Å². The molecule has 0 unspecified atom stereocenters. The van der Waals surface area contributed by atoms with Gasteiger partial charge in [0.05, 0.1) is 17.1 Å². The van der Waals surface area contributed by atoms with Crippen LogP contribution in [-0.2, 0) is 9.53 Å². The maximum Gasteiger partial charge on any atom is 0.338 e. The van der Waals surface area contributed by atoms with Gasteiger partial charge < -0.3 is 4.74 Å². The molecule has 6 heteroatoms. The fourth-order valence-corrected chi connectivity index (χ4v) is 1.25. The molecule has 0 atom stereocenters. The number of nitro groups is 1. The van der Waals surface area contributed by atoms with E-state index < -0.39 is 10.9 Å². The Labute approximate surface area is 109 Å². The van der Waals surface area contributed by atoms with Crippen molar-refractivity contribution in [3.8, 4) is 0 Å². The van der Waals surface area contributed by atoms with Gasteiger partial charge in [-0.2, -0.15) is 0 Å². The van der Waals surface area contributed by atoms with Gasteiger partial charge in [-0.05, 0) is 24.6 Å². The van der Waals surface area contributed by atoms with E-state index in [1.54, 1.807) is 6.92 Å². The van der Waals surface area contributed by atoms with Crippen LogP contribution in [0.25, 0.3) is 0 Å². The Balaban J connectivity index is 2.52. The van der Waals surface area contributed by atoms with Gasteiger partial charge in [0.25, 0.3) is 5.69 Å². The first-order valence-electron chi connectivity index (χ1n) is 5.52. The number of rotatable bonds is 6. The minimum Gasteiger partial charge on any atom is -0.462 e. The van der Waals surface area contributed by atoms with Gasteiger partial charge in [-0.1, -0.05) is 6.58 Å². The van der Waals surface area contributed by atoms with Crippen LogP contribution in [-0.4, -0.2) is 23.3 Å². The van der Waals surface area contributed by atoms with Gasteiger partial charge in [-0.15, -0.1) is 0 Å². The highest BCUT2D eigenvalue weighted by atomic mass is 16.6. The molecule has 0 amide bonds. The number of non-ortho nitro benzene ring substituents is 1. The van der Waals surface area contributed by atoms with E-state index in [1.165, 1.54) is 24.3 Å². The number of nitrogens with zero attached hydrogens (tertiary/aromatic N) is 1. The average Bonchev–Trinajstić information content (AvgIpc) is 2.38. The average molecular weight is 263 g/mol. The number of ketones is 1. The molecule has 100 valence electrons. The normalized spacial score (nSPS) is 9.74. The highest BCUT2D eigenvalue weighted by Gasteiger charge is 2.11. The van der Waals surface area contributed by atoms with Gasteiger partial charge in [0.1, 0.15) is 0 Å². The Bertz CT molecular complexity index is 518. The quantitative estimate of drug-likeness (QED) is 0.340. The molecule has 0 bridgehead atoms. The van der Waals surface area contributed by atoms with E-state index >= 15 is 0 Å². The SMILES string of the molecule is C=C(C)C(=O)CCOC(=O)c1ccc([N+](=O)[O-])cc1. The Kier molecular flexibility index (Phi) is 4.93. The molecule has 1 rings (SSSR count). The molecular formula is C13H13NO5. The highest BCUT2D eigenvalue weighted by Crippen LogP contribution is 2.12. The summed E-state index contributed by atoms with van der Waals surface area (Å²) < 4.78 is 4.88. The van der Waals surface area contributed by atoms with E-state index in [1.807, 2.05) is 0 Å². The molecule has 6 nitrogen and oxygen atoms in total. The number of Topliss-reactive ketones (excluding diaryl/α,β-unsaturated/α-hetero) is 1. The van der Waals surface area contributed by atoms with Gasteiger partial charge in [-0.3, -0.25) is 14.9 Å². The van der Waals surface area contributed by atoms with Gasteiger partial charge in [-0.25, -0.2) is 4.79 Å². The number of hydrogen-bond donors (Lipinski definition) is 0. The molecule has 19 heavy (non-hydrogen) atoms. The van der Waals surface area contributed by atoms with Crippen molar-refractivity contribution in [2.24, 2.45) is 0 Å². The van der Waals surface area contributed by atoms with Crippen molar-refractivity contribution in [3.05, 3.63) is 52.1 Å². The predicted octanol–water partition coefficient (Wildman–Crippen LogP) is 2.29. The maximum absolute atomic E-state index is 11.6. The molecule has 0 radical (unpaired) electrons. The zero-order valence-electron chi connectivity index (χ0n) is 10.4. The van der Waals surface area contributed by atoms with Crippen molar-refractivity contribution in [2.45, 2.75) is 13.3 Å². The van der Waals surface area contributed by atoms with E-state index in [2.05, 4.69) is 6.58 Å². The van der Waals surface area contributed by atoms with Crippen molar-refractivity contribution in [1.29, 1.82) is 0 Å². The molecule has 0 fully saturated rings. The summed E-state index contributed by atoms with van der Waals surface area (Å²) in [6, 6.07) is 5.05. The summed E-state index contributed by atoms with van der Waals surface area (Å²) >= 11 is 0. The lowest BCUT2D eigenvalue weighted by Crippen LogP contribution is -2.10. The number of benzene rings is 1. The Hall–Kier alpha value is -2.50. The summed E-state index contributed by atoms with van der Waals surface area (Å²) in [4.78, 5) is 32.6. The Morgan fingerprint density at radius 3 is 2.37 bits per heavy atom. The largest absolute Gasteiger partial charge is 0.462 e. The predicted molar refractivity (Wildman–Crippen MR) is 67.8 cm³/mol. The maximum atomic E-state index is 11.6. The van der Waals surface area contributed by atoms with Crippen molar-refractivity contribution in [3.63, 3.8) is 0 Å². The van der Waals surface area contributed by atoms with Crippen LogP contribution in [0.1, 0.15) is 23.7 Å². The molecule has 0 aliphatic carbocycles. The van der Waals surface area contributed by atoms with Crippen LogP contribution in [0.4, 0.5) is 5.69 Å². The Morgan fingerprint density at radius 1 is 1.32 bits per heavy atom. The van der Waals surface area contributed by atoms with Crippen LogP contribution < -0.4 is 0 Å². The molecule has 0 N–H and O–H groups in total. The third-order valence-electron chi connectivity index (χ3n) is 2.35. The van der Waals surface area contributed by atoms with Crippen LogP contribution in [0, 0.1) is 10.1 Å². The van der Waals surface area contributed by atoms with Crippen molar-refractivity contribution in [2.75, 3.05) is 6.61 Å². The number of carbonyl (C=O) groups is 2. The molecule has 0 spiro atoms. The second kappa shape index (κ2) is 6.44. The second-order valence-corrected chi connectivity index (χ2v) is 3.89. The fourth-order valence-electron chi connectivity index (χ4n) is 1.25. The highest BCUT2D eigenvalue weighted by molar-refractivity contribution is 5.94.